The summed E-state index contributed by atoms with van der Waals surface area (Å²) < 4.78 is 11.7. The second kappa shape index (κ2) is 11.7. The molecular weight excluding hydrogens is 526 g/mol. The van der Waals surface area contributed by atoms with Gasteiger partial charge in [0.15, 0.2) is 0 Å². The zero-order valence-electron chi connectivity index (χ0n) is 24.6. The molecule has 0 bridgehead atoms. The van der Waals surface area contributed by atoms with E-state index in [0.29, 0.717) is 23.7 Å². The fourth-order valence-corrected chi connectivity index (χ4v) is 5.71. The highest BCUT2D eigenvalue weighted by Gasteiger charge is 2.50. The maximum absolute atomic E-state index is 14.3. The second-order valence-corrected chi connectivity index (χ2v) is 11.9. The highest BCUT2D eigenvalue weighted by Crippen LogP contribution is 2.38. The van der Waals surface area contributed by atoms with Crippen molar-refractivity contribution in [2.75, 3.05) is 7.11 Å². The van der Waals surface area contributed by atoms with Crippen molar-refractivity contribution in [3.63, 3.8) is 0 Å². The maximum atomic E-state index is 14.3. The van der Waals surface area contributed by atoms with Gasteiger partial charge in [-0.15, -0.1) is 0 Å². The Morgan fingerprint density at radius 2 is 1.52 bits per heavy atom. The predicted octanol–water partition coefficient (Wildman–Crippen LogP) is 6.84. The van der Waals surface area contributed by atoms with E-state index in [1.807, 2.05) is 84.9 Å². The van der Waals surface area contributed by atoms with Gasteiger partial charge in [-0.2, -0.15) is 0 Å². The number of fused-ring (bicyclic) bond motifs is 1. The Balaban J connectivity index is 1.54. The molecule has 1 unspecified atom stereocenters. The SMILES string of the molecule is COc1cc(C(=O)N2Cc3ccc(OCc4ccccc4)cc3CC2(Cc2ccccc2)C(=O)O)ccc1C(C)(C)C. The molecule has 4 aromatic rings. The largest absolute Gasteiger partial charge is 0.496 e. The number of hydrogen-bond acceptors (Lipinski definition) is 4. The maximum Gasteiger partial charge on any atom is 0.330 e. The molecule has 0 aliphatic carbocycles. The van der Waals surface area contributed by atoms with Crippen LogP contribution >= 0.6 is 0 Å². The molecule has 1 amide bonds. The lowest BCUT2D eigenvalue weighted by molar-refractivity contribution is -0.151. The number of ether oxygens (including phenoxy) is 2. The molecule has 0 saturated heterocycles. The predicted molar refractivity (Wildman–Crippen MR) is 163 cm³/mol. The summed E-state index contributed by atoms with van der Waals surface area (Å²) in [5, 5.41) is 10.9. The number of aliphatic carboxylic acids is 1. The van der Waals surface area contributed by atoms with Gasteiger partial charge in [-0.1, -0.05) is 93.6 Å². The number of carbonyl (C=O) groups excluding carboxylic acids is 1. The third-order valence-electron chi connectivity index (χ3n) is 7.99. The van der Waals surface area contributed by atoms with Crippen molar-refractivity contribution in [3.8, 4) is 11.5 Å². The number of carboxylic acids is 1. The molecule has 0 radical (unpaired) electrons. The van der Waals surface area contributed by atoms with Crippen LogP contribution in [-0.2, 0) is 36.2 Å². The molecule has 0 spiro atoms. The van der Waals surface area contributed by atoms with E-state index >= 15 is 0 Å². The van der Waals surface area contributed by atoms with Gasteiger partial charge in [0.25, 0.3) is 5.91 Å². The van der Waals surface area contributed by atoms with Crippen molar-refractivity contribution in [1.82, 2.24) is 4.90 Å². The van der Waals surface area contributed by atoms with Gasteiger partial charge in [0.2, 0.25) is 0 Å². The molecule has 0 saturated carbocycles. The van der Waals surface area contributed by atoms with Crippen LogP contribution < -0.4 is 9.47 Å². The van der Waals surface area contributed by atoms with E-state index in [4.69, 9.17) is 9.47 Å². The summed E-state index contributed by atoms with van der Waals surface area (Å²) in [4.78, 5) is 29.1. The van der Waals surface area contributed by atoms with Gasteiger partial charge in [-0.3, -0.25) is 4.79 Å². The molecule has 42 heavy (non-hydrogen) atoms. The molecule has 216 valence electrons. The van der Waals surface area contributed by atoms with Crippen LogP contribution in [0.15, 0.2) is 97.1 Å². The number of carbonyl (C=O) groups is 2. The van der Waals surface area contributed by atoms with Crippen molar-refractivity contribution < 1.29 is 24.2 Å². The minimum absolute atomic E-state index is 0.151. The molecule has 1 atom stereocenters. The average molecular weight is 564 g/mol. The molecule has 6 nitrogen and oxygen atoms in total. The van der Waals surface area contributed by atoms with Gasteiger partial charge in [0.05, 0.1) is 7.11 Å². The third kappa shape index (κ3) is 5.89. The van der Waals surface area contributed by atoms with E-state index in [1.165, 1.54) is 4.90 Å². The summed E-state index contributed by atoms with van der Waals surface area (Å²) in [6.07, 6.45) is 0.318. The van der Waals surface area contributed by atoms with Crippen LogP contribution in [0.1, 0.15) is 58.9 Å². The first-order valence-electron chi connectivity index (χ1n) is 14.2. The molecular formula is C36H37NO5. The number of nitrogens with zero attached hydrogens (tertiary/aromatic N) is 1. The molecule has 0 fully saturated rings. The number of hydrogen-bond donors (Lipinski definition) is 1. The van der Waals surface area contributed by atoms with Crippen molar-refractivity contribution in [2.45, 2.75) is 57.7 Å². The average Bonchev–Trinajstić information content (AvgIpc) is 2.99. The number of benzene rings is 4. The van der Waals surface area contributed by atoms with E-state index in [9.17, 15) is 14.7 Å². The van der Waals surface area contributed by atoms with Crippen LogP contribution in [-0.4, -0.2) is 34.5 Å². The fraction of sp³-hybridized carbons (Fsp3) is 0.278. The van der Waals surface area contributed by atoms with Gasteiger partial charge in [-0.25, -0.2) is 4.79 Å². The number of rotatable bonds is 8. The van der Waals surface area contributed by atoms with Gasteiger partial charge >= 0.3 is 5.97 Å². The minimum Gasteiger partial charge on any atom is -0.496 e. The quantitative estimate of drug-likeness (QED) is 0.254. The molecule has 5 rings (SSSR count). The molecule has 1 N–H and O–H groups in total. The fourth-order valence-electron chi connectivity index (χ4n) is 5.71. The Bertz CT molecular complexity index is 1580. The number of methoxy groups -OCH3 is 1. The minimum atomic E-state index is -1.50. The van der Waals surface area contributed by atoms with Crippen LogP contribution in [0.5, 0.6) is 11.5 Å². The van der Waals surface area contributed by atoms with Gasteiger partial charge in [0, 0.05) is 24.9 Å². The molecule has 4 aromatic carbocycles. The first kappa shape index (κ1) is 28.9. The van der Waals surface area contributed by atoms with Crippen LogP contribution in [0.3, 0.4) is 0 Å². The van der Waals surface area contributed by atoms with Crippen molar-refractivity contribution in [3.05, 3.63) is 130 Å². The van der Waals surface area contributed by atoms with E-state index in [2.05, 4.69) is 20.8 Å². The monoisotopic (exact) mass is 563 g/mol. The molecule has 0 aromatic heterocycles. The smallest absolute Gasteiger partial charge is 0.330 e. The zero-order chi connectivity index (χ0) is 29.9. The Kier molecular flexibility index (Phi) is 8.08. The van der Waals surface area contributed by atoms with E-state index in [-0.39, 0.29) is 30.7 Å². The van der Waals surface area contributed by atoms with Crippen LogP contribution in [0.4, 0.5) is 0 Å². The topological polar surface area (TPSA) is 76.1 Å². The molecule has 1 aliphatic heterocycles. The molecule has 6 heteroatoms. The molecule has 1 aliphatic rings. The number of amides is 1. The van der Waals surface area contributed by atoms with Gasteiger partial charge < -0.3 is 19.5 Å². The highest BCUT2D eigenvalue weighted by atomic mass is 16.5. The summed E-state index contributed by atoms with van der Waals surface area (Å²) in [5.41, 5.74) is 3.34. The lowest BCUT2D eigenvalue weighted by Crippen LogP contribution is -2.61. The van der Waals surface area contributed by atoms with Gasteiger partial charge in [0.1, 0.15) is 23.6 Å². The Hall–Kier alpha value is -4.58. The third-order valence-corrected chi connectivity index (χ3v) is 7.99. The summed E-state index contributed by atoms with van der Waals surface area (Å²) >= 11 is 0. The summed E-state index contributed by atoms with van der Waals surface area (Å²) in [7, 11) is 1.59. The lowest BCUT2D eigenvalue weighted by atomic mass is 9.78. The number of carboxylic acid groups (broad SMARTS) is 1. The first-order chi connectivity index (χ1) is 20.1. The highest BCUT2D eigenvalue weighted by molar-refractivity contribution is 5.99. The summed E-state index contributed by atoms with van der Waals surface area (Å²) in [6, 6.07) is 30.5. The standard InChI is InChI=1S/C36H37NO5/c1-35(2,3)31-18-16-27(20-32(31)41-4)33(38)37-23-28-15-17-30(42-24-26-13-9-6-10-14-26)19-29(28)22-36(37,34(39)40)21-25-11-7-5-8-12-25/h5-20H,21-24H2,1-4H3,(H,39,40). The normalized spacial score (nSPS) is 16.4. The molecule has 1 heterocycles. The summed E-state index contributed by atoms with van der Waals surface area (Å²) in [5.74, 6) is -0.116. The second-order valence-electron chi connectivity index (χ2n) is 11.9. The first-order valence-corrected chi connectivity index (χ1v) is 14.2. The van der Waals surface area contributed by atoms with Gasteiger partial charge in [-0.05, 0) is 57.5 Å². The van der Waals surface area contributed by atoms with E-state index < -0.39 is 11.5 Å². The van der Waals surface area contributed by atoms with Crippen LogP contribution in [0.25, 0.3) is 0 Å². The Morgan fingerprint density at radius 1 is 0.857 bits per heavy atom. The van der Waals surface area contributed by atoms with Crippen molar-refractivity contribution in [2.24, 2.45) is 0 Å². The van der Waals surface area contributed by atoms with Crippen LogP contribution in [0, 0.1) is 0 Å². The summed E-state index contributed by atoms with van der Waals surface area (Å²) in [6.45, 7) is 6.82. The zero-order valence-corrected chi connectivity index (χ0v) is 24.6. The van der Waals surface area contributed by atoms with Crippen LogP contribution in [0.2, 0.25) is 0 Å². The van der Waals surface area contributed by atoms with E-state index in [0.717, 1.165) is 27.8 Å². The lowest BCUT2D eigenvalue weighted by Gasteiger charge is -2.45. The van der Waals surface area contributed by atoms with E-state index in [1.54, 1.807) is 19.2 Å². The van der Waals surface area contributed by atoms with Crippen molar-refractivity contribution >= 4 is 11.9 Å². The Morgan fingerprint density at radius 3 is 2.14 bits per heavy atom. The Labute approximate surface area is 247 Å². The van der Waals surface area contributed by atoms with Crippen molar-refractivity contribution in [1.29, 1.82) is 0 Å².